The summed E-state index contributed by atoms with van der Waals surface area (Å²) in [5.41, 5.74) is 1.23. The second-order valence-electron chi connectivity index (χ2n) is 12.0. The van der Waals surface area contributed by atoms with Gasteiger partial charge in [0, 0.05) is 0 Å². The van der Waals surface area contributed by atoms with Crippen LogP contribution in [-0.2, 0) is 20.7 Å². The number of carbonyl (C=O) groups is 2. The molecule has 0 saturated carbocycles. The number of esters is 1. The summed E-state index contributed by atoms with van der Waals surface area (Å²) in [5, 5.41) is 3.30. The van der Waals surface area contributed by atoms with Crippen molar-refractivity contribution >= 4 is 52.0 Å². The van der Waals surface area contributed by atoms with Crippen LogP contribution < -0.4 is 15.9 Å². The molecule has 1 amide bonds. The molecule has 3 atom stereocenters. The molecular weight excluding hydrogens is 581 g/mol. The first-order chi connectivity index (χ1) is 21.4. The first-order valence-electron chi connectivity index (χ1n) is 15.5. The van der Waals surface area contributed by atoms with Gasteiger partial charge in [-0.25, -0.2) is 0 Å². The number of nitrogens with zero attached hydrogens (tertiary/aromatic N) is 1. The zero-order valence-corrected chi connectivity index (χ0v) is 27.4. The van der Waals surface area contributed by atoms with Gasteiger partial charge in [0.25, 0.3) is 0 Å². The summed E-state index contributed by atoms with van der Waals surface area (Å²) in [6, 6.07) is 35.7. The number of β-lactam (4-membered cyclic amide) rings is 1. The van der Waals surface area contributed by atoms with Gasteiger partial charge >= 0.3 is 266 Å². The molecule has 1 aromatic heterocycles. The summed E-state index contributed by atoms with van der Waals surface area (Å²) in [6.45, 7) is 10.4. The fraction of sp³-hybridized carbons (Fsp3) is 0.263. The van der Waals surface area contributed by atoms with E-state index in [1.54, 1.807) is 17.4 Å². The minimum atomic E-state index is -3.28. The molecule has 2 aliphatic heterocycles. The summed E-state index contributed by atoms with van der Waals surface area (Å²) >= 11 is 1.77. The van der Waals surface area contributed by atoms with Crippen LogP contribution >= 0.6 is 18.6 Å². The van der Waals surface area contributed by atoms with Crippen molar-refractivity contribution in [2.45, 2.75) is 45.3 Å². The van der Waals surface area contributed by atoms with Gasteiger partial charge in [-0.05, 0) is 0 Å². The minimum absolute atomic E-state index is 0.0309. The Kier molecular flexibility index (Phi) is 8.71. The molecule has 3 aromatic carbocycles. The van der Waals surface area contributed by atoms with Crippen LogP contribution in [-0.4, -0.2) is 35.1 Å². The van der Waals surface area contributed by atoms with E-state index in [-0.39, 0.29) is 36.4 Å². The predicted molar refractivity (Wildman–Crippen MR) is 186 cm³/mol. The first kappa shape index (κ1) is 30.2. The number of thiophene rings is 1. The Hall–Kier alpha value is -3.79. The van der Waals surface area contributed by atoms with Crippen molar-refractivity contribution in [1.29, 1.82) is 0 Å². The summed E-state index contributed by atoms with van der Waals surface area (Å²) < 4.78 is 6.07. The van der Waals surface area contributed by atoms with Crippen LogP contribution in [0, 0.1) is 11.8 Å². The van der Waals surface area contributed by atoms with Crippen LogP contribution in [0.4, 0.5) is 0 Å². The Morgan fingerprint density at radius 2 is 1.48 bits per heavy atom. The van der Waals surface area contributed by atoms with Crippen molar-refractivity contribution in [2.75, 3.05) is 6.61 Å². The molecule has 6 heteroatoms. The Morgan fingerprint density at radius 1 is 0.932 bits per heavy atom. The van der Waals surface area contributed by atoms with Gasteiger partial charge < -0.3 is 0 Å². The second kappa shape index (κ2) is 12.7. The van der Waals surface area contributed by atoms with Crippen LogP contribution in [0.3, 0.4) is 0 Å². The Morgan fingerprint density at radius 3 is 1.93 bits per heavy atom. The van der Waals surface area contributed by atoms with Crippen molar-refractivity contribution in [1.82, 2.24) is 4.90 Å². The van der Waals surface area contributed by atoms with Crippen LogP contribution in [0.25, 0.3) is 5.57 Å². The van der Waals surface area contributed by atoms with E-state index in [1.807, 2.05) is 23.1 Å². The number of amides is 1. The van der Waals surface area contributed by atoms with Crippen molar-refractivity contribution in [3.05, 3.63) is 131 Å². The van der Waals surface area contributed by atoms with Gasteiger partial charge in [-0.3, -0.25) is 0 Å². The molecule has 0 radical (unpaired) electrons. The number of carbonyl (C=O) groups excluding carboxylic acids is 2. The molecule has 4 aromatic rings. The number of benzene rings is 3. The number of aryl methyl sites for hydroxylation is 1. The van der Waals surface area contributed by atoms with Crippen LogP contribution in [0.1, 0.15) is 36.9 Å². The Balaban J connectivity index is 1.72. The molecule has 0 spiro atoms. The van der Waals surface area contributed by atoms with E-state index >= 15 is 0 Å². The molecule has 4 nitrogen and oxygen atoms in total. The number of fused-ring (bicyclic) bond motifs is 1. The standard InChI is InChI=1S/C38H40NO3PS/c1-5-24-42-38(41)36(35-31(33-23-22-30(6-2)44-33)25-32-34(26(3)4)37(40)39(32)35)43(27-16-10-7-11-17-27,28-18-12-8-13-19-28)29-20-14-9-15-21-29/h5,7-23,26,32,34,36,43H,1,6,24-25H2,2-4H3/t32-,34-,36?/m1/s1. The summed E-state index contributed by atoms with van der Waals surface area (Å²) in [6.07, 6.45) is 3.30. The van der Waals surface area contributed by atoms with E-state index in [1.165, 1.54) is 4.88 Å². The van der Waals surface area contributed by atoms with Gasteiger partial charge in [0.2, 0.25) is 0 Å². The molecule has 1 fully saturated rings. The van der Waals surface area contributed by atoms with Gasteiger partial charge in [-0.1, -0.05) is 0 Å². The molecule has 2 aliphatic rings. The monoisotopic (exact) mass is 621 g/mol. The predicted octanol–water partition coefficient (Wildman–Crippen LogP) is 6.73. The molecular formula is C38H40NO3PS. The van der Waals surface area contributed by atoms with Gasteiger partial charge in [-0.15, -0.1) is 0 Å². The summed E-state index contributed by atoms with van der Waals surface area (Å²) in [4.78, 5) is 33.5. The summed E-state index contributed by atoms with van der Waals surface area (Å²) in [7, 11) is -3.28. The van der Waals surface area contributed by atoms with Crippen LogP contribution in [0.15, 0.2) is 121 Å². The van der Waals surface area contributed by atoms with Crippen molar-refractivity contribution in [3.8, 4) is 0 Å². The average Bonchev–Trinajstić information content (AvgIpc) is 3.66. The molecule has 1 saturated heterocycles. The molecule has 44 heavy (non-hydrogen) atoms. The quantitative estimate of drug-likeness (QED) is 0.0808. The van der Waals surface area contributed by atoms with E-state index in [0.717, 1.165) is 44.9 Å². The zero-order valence-electron chi connectivity index (χ0n) is 25.6. The molecule has 3 heterocycles. The fourth-order valence-corrected chi connectivity index (χ4v) is 13.7. The maximum absolute atomic E-state index is 14.9. The van der Waals surface area contributed by atoms with Gasteiger partial charge in [0.15, 0.2) is 0 Å². The van der Waals surface area contributed by atoms with Gasteiger partial charge in [0.05, 0.1) is 0 Å². The van der Waals surface area contributed by atoms with Gasteiger partial charge in [-0.2, -0.15) is 0 Å². The number of rotatable bonds is 11. The Bertz CT molecular complexity index is 1580. The SMILES string of the molecule is C=CCOC(=O)C(C1=C(c2ccc(CC)s2)C[C@@H]2[C@@H](C(C)C)C(=O)N12)[PH](c1ccccc1)(c1ccccc1)c1ccccc1. The fourth-order valence-electron chi connectivity index (χ4n) is 7.36. The second-order valence-corrected chi connectivity index (χ2v) is 17.1. The topological polar surface area (TPSA) is 46.6 Å². The molecule has 1 unspecified atom stereocenters. The van der Waals surface area contributed by atoms with E-state index < -0.39 is 12.9 Å². The van der Waals surface area contributed by atoms with Crippen LogP contribution in [0.2, 0.25) is 0 Å². The zero-order chi connectivity index (χ0) is 30.8. The third-order valence-corrected chi connectivity index (χ3v) is 15.6. The maximum atomic E-state index is 14.9. The number of hydrogen-bond acceptors (Lipinski definition) is 4. The van der Waals surface area contributed by atoms with E-state index in [2.05, 4.69) is 112 Å². The number of ether oxygens (including phenoxy) is 1. The van der Waals surface area contributed by atoms with E-state index in [0.29, 0.717) is 0 Å². The number of hydrogen-bond donors (Lipinski definition) is 0. The normalized spacial score (nSPS) is 19.0. The molecule has 0 bridgehead atoms. The Labute approximate surface area is 265 Å². The van der Waals surface area contributed by atoms with Crippen LogP contribution in [0.5, 0.6) is 0 Å². The molecule has 226 valence electrons. The third-order valence-electron chi connectivity index (χ3n) is 9.25. The van der Waals surface area contributed by atoms with Crippen molar-refractivity contribution in [2.24, 2.45) is 11.8 Å². The van der Waals surface area contributed by atoms with Crippen molar-refractivity contribution in [3.63, 3.8) is 0 Å². The third kappa shape index (κ3) is 4.97. The molecule has 0 N–H and O–H groups in total. The average molecular weight is 622 g/mol. The molecule has 0 aliphatic carbocycles. The first-order valence-corrected chi connectivity index (χ1v) is 18.4. The summed E-state index contributed by atoms with van der Waals surface area (Å²) in [5.74, 6) is -0.0566. The van der Waals surface area contributed by atoms with E-state index in [4.69, 9.17) is 4.74 Å². The van der Waals surface area contributed by atoms with Gasteiger partial charge in [0.1, 0.15) is 0 Å². The van der Waals surface area contributed by atoms with Crippen molar-refractivity contribution < 1.29 is 14.3 Å². The molecule has 6 rings (SSSR count). The van der Waals surface area contributed by atoms with E-state index in [9.17, 15) is 9.59 Å².